The molecule has 0 spiro atoms. The molecule has 17 heavy (non-hydrogen) atoms. The summed E-state index contributed by atoms with van der Waals surface area (Å²) in [5.41, 5.74) is 2.77. The van der Waals surface area contributed by atoms with Crippen molar-refractivity contribution >= 4 is 29.1 Å². The molecule has 3 N–H and O–H groups in total. The highest BCUT2D eigenvalue weighted by Gasteiger charge is 2.11. The molecule has 3 rings (SSSR count). The summed E-state index contributed by atoms with van der Waals surface area (Å²) in [7, 11) is 0. The van der Waals surface area contributed by atoms with Gasteiger partial charge in [-0.05, 0) is 18.2 Å². The van der Waals surface area contributed by atoms with Gasteiger partial charge < -0.3 is 20.2 Å². The summed E-state index contributed by atoms with van der Waals surface area (Å²) in [6.07, 6.45) is 0. The number of H-pyrrole nitrogens is 2. The van der Waals surface area contributed by atoms with Crippen LogP contribution in [-0.4, -0.2) is 36.1 Å². The highest BCUT2D eigenvalue weighted by molar-refractivity contribution is 5.85. The minimum absolute atomic E-state index is 0. The molecular weight excluding hydrogens is 240 g/mol. The topological polar surface area (TPSA) is 63.9 Å². The number of imidazole rings is 1. The minimum atomic E-state index is -0.146. The Bertz CT molecular complexity index is 556. The molecular formula is C11H15ClN4O. The second kappa shape index (κ2) is 4.81. The fourth-order valence-electron chi connectivity index (χ4n) is 2.14. The Hall–Kier alpha value is -1.46. The summed E-state index contributed by atoms with van der Waals surface area (Å²) in [6, 6.07) is 6.03. The van der Waals surface area contributed by atoms with Gasteiger partial charge in [0.05, 0.1) is 11.0 Å². The van der Waals surface area contributed by atoms with E-state index in [1.165, 1.54) is 5.69 Å². The van der Waals surface area contributed by atoms with E-state index in [1.54, 1.807) is 0 Å². The number of benzene rings is 1. The number of nitrogens with one attached hydrogen (secondary N) is 3. The Morgan fingerprint density at radius 3 is 2.53 bits per heavy atom. The number of hydrogen-bond donors (Lipinski definition) is 3. The average molecular weight is 255 g/mol. The van der Waals surface area contributed by atoms with Crippen molar-refractivity contribution in [3.8, 4) is 0 Å². The van der Waals surface area contributed by atoms with Gasteiger partial charge in [-0.15, -0.1) is 12.4 Å². The normalized spacial score (nSPS) is 15.9. The lowest BCUT2D eigenvalue weighted by molar-refractivity contribution is 0.589. The van der Waals surface area contributed by atoms with Crippen LogP contribution in [0.4, 0.5) is 5.69 Å². The van der Waals surface area contributed by atoms with Gasteiger partial charge >= 0.3 is 5.69 Å². The maximum atomic E-state index is 11.1. The SMILES string of the molecule is Cl.O=c1[nH]c2ccc(N3CCNCC3)cc2[nH]1. The first-order valence-corrected chi connectivity index (χ1v) is 5.51. The first-order valence-electron chi connectivity index (χ1n) is 5.51. The van der Waals surface area contributed by atoms with Crippen molar-refractivity contribution in [2.45, 2.75) is 0 Å². The number of rotatable bonds is 1. The van der Waals surface area contributed by atoms with Crippen molar-refractivity contribution in [1.82, 2.24) is 15.3 Å². The van der Waals surface area contributed by atoms with Crippen molar-refractivity contribution < 1.29 is 0 Å². The molecule has 1 fully saturated rings. The lowest BCUT2D eigenvalue weighted by atomic mass is 10.2. The van der Waals surface area contributed by atoms with Gasteiger partial charge in [0, 0.05) is 31.9 Å². The number of nitrogens with zero attached hydrogens (tertiary/aromatic N) is 1. The van der Waals surface area contributed by atoms with Crippen LogP contribution >= 0.6 is 12.4 Å². The number of aromatic nitrogens is 2. The Morgan fingerprint density at radius 1 is 1.06 bits per heavy atom. The van der Waals surface area contributed by atoms with Crippen LogP contribution in [0.25, 0.3) is 11.0 Å². The fourth-order valence-corrected chi connectivity index (χ4v) is 2.14. The molecule has 1 saturated heterocycles. The van der Waals surface area contributed by atoms with E-state index in [0.29, 0.717) is 0 Å². The number of piperazine rings is 1. The van der Waals surface area contributed by atoms with Crippen LogP contribution in [0.15, 0.2) is 23.0 Å². The zero-order chi connectivity index (χ0) is 11.0. The van der Waals surface area contributed by atoms with Gasteiger partial charge in [-0.2, -0.15) is 0 Å². The highest BCUT2D eigenvalue weighted by Crippen LogP contribution is 2.19. The third kappa shape index (κ3) is 2.30. The average Bonchev–Trinajstić information content (AvgIpc) is 2.69. The molecule has 1 aliphatic heterocycles. The number of hydrogen-bond acceptors (Lipinski definition) is 3. The van der Waals surface area contributed by atoms with Crippen LogP contribution in [0.1, 0.15) is 0 Å². The zero-order valence-electron chi connectivity index (χ0n) is 9.32. The molecule has 5 nitrogen and oxygen atoms in total. The molecule has 0 unspecified atom stereocenters. The van der Waals surface area contributed by atoms with Gasteiger partial charge in [-0.25, -0.2) is 4.79 Å². The Morgan fingerprint density at radius 2 is 1.76 bits per heavy atom. The molecule has 1 aromatic carbocycles. The molecule has 0 bridgehead atoms. The standard InChI is InChI=1S/C11H14N4O.ClH/c16-11-13-9-2-1-8(7-10(9)14-11)15-5-3-12-4-6-15;/h1-2,7,12H,3-6H2,(H2,13,14,16);1H. The maximum absolute atomic E-state index is 11.1. The Labute approximate surface area is 105 Å². The minimum Gasteiger partial charge on any atom is -0.369 e. The predicted octanol–water partition coefficient (Wildman–Crippen LogP) is 0.688. The fraction of sp³-hybridized carbons (Fsp3) is 0.364. The van der Waals surface area contributed by atoms with E-state index in [2.05, 4.69) is 26.3 Å². The molecule has 1 aromatic heterocycles. The highest BCUT2D eigenvalue weighted by atomic mass is 35.5. The summed E-state index contributed by atoms with van der Waals surface area (Å²) >= 11 is 0. The monoisotopic (exact) mass is 254 g/mol. The third-order valence-electron chi connectivity index (χ3n) is 2.98. The van der Waals surface area contributed by atoms with Crippen LogP contribution in [0.3, 0.4) is 0 Å². The van der Waals surface area contributed by atoms with Crippen LogP contribution in [0.5, 0.6) is 0 Å². The molecule has 0 radical (unpaired) electrons. The summed E-state index contributed by atoms with van der Waals surface area (Å²) in [5, 5.41) is 3.32. The van der Waals surface area contributed by atoms with Crippen molar-refractivity contribution in [3.63, 3.8) is 0 Å². The molecule has 6 heteroatoms. The van der Waals surface area contributed by atoms with Crippen LogP contribution in [0, 0.1) is 0 Å². The van der Waals surface area contributed by atoms with Crippen LogP contribution in [-0.2, 0) is 0 Å². The molecule has 0 aliphatic carbocycles. The summed E-state index contributed by atoms with van der Waals surface area (Å²) < 4.78 is 0. The quantitative estimate of drug-likeness (QED) is 0.702. The van der Waals surface area contributed by atoms with E-state index < -0.39 is 0 Å². The van der Waals surface area contributed by atoms with Crippen molar-refractivity contribution in [2.24, 2.45) is 0 Å². The van der Waals surface area contributed by atoms with Gasteiger partial charge in [-0.3, -0.25) is 0 Å². The number of halogens is 1. The number of aromatic amines is 2. The smallest absolute Gasteiger partial charge is 0.323 e. The lowest BCUT2D eigenvalue weighted by Crippen LogP contribution is -2.43. The van der Waals surface area contributed by atoms with Gasteiger partial charge in [0.25, 0.3) is 0 Å². The van der Waals surface area contributed by atoms with Gasteiger partial charge in [-0.1, -0.05) is 0 Å². The van der Waals surface area contributed by atoms with E-state index in [4.69, 9.17) is 0 Å². The predicted molar refractivity (Wildman–Crippen MR) is 71.3 cm³/mol. The molecule has 2 aromatic rings. The van der Waals surface area contributed by atoms with E-state index in [9.17, 15) is 4.79 Å². The molecule has 0 atom stereocenters. The molecule has 0 amide bonds. The lowest BCUT2D eigenvalue weighted by Gasteiger charge is -2.29. The van der Waals surface area contributed by atoms with E-state index in [1.807, 2.05) is 12.1 Å². The van der Waals surface area contributed by atoms with E-state index >= 15 is 0 Å². The first-order chi connectivity index (χ1) is 7.83. The summed E-state index contributed by atoms with van der Waals surface area (Å²) in [4.78, 5) is 19.0. The summed E-state index contributed by atoms with van der Waals surface area (Å²) in [6.45, 7) is 4.06. The van der Waals surface area contributed by atoms with Crippen molar-refractivity contribution in [3.05, 3.63) is 28.7 Å². The van der Waals surface area contributed by atoms with E-state index in [-0.39, 0.29) is 18.1 Å². The Kier molecular flexibility index (Phi) is 3.40. The second-order valence-corrected chi connectivity index (χ2v) is 4.05. The van der Waals surface area contributed by atoms with Gasteiger partial charge in [0.15, 0.2) is 0 Å². The summed E-state index contributed by atoms with van der Waals surface area (Å²) in [5.74, 6) is 0. The second-order valence-electron chi connectivity index (χ2n) is 4.05. The molecule has 1 aliphatic rings. The van der Waals surface area contributed by atoms with Crippen molar-refractivity contribution in [2.75, 3.05) is 31.1 Å². The molecule has 92 valence electrons. The van der Waals surface area contributed by atoms with Crippen LogP contribution < -0.4 is 15.9 Å². The van der Waals surface area contributed by atoms with Gasteiger partial charge in [0.2, 0.25) is 0 Å². The van der Waals surface area contributed by atoms with E-state index in [0.717, 1.165) is 37.2 Å². The number of anilines is 1. The first kappa shape index (κ1) is 12.0. The van der Waals surface area contributed by atoms with Crippen LogP contribution in [0.2, 0.25) is 0 Å². The van der Waals surface area contributed by atoms with Crippen molar-refractivity contribution in [1.29, 1.82) is 0 Å². The maximum Gasteiger partial charge on any atom is 0.323 e. The van der Waals surface area contributed by atoms with Gasteiger partial charge in [0.1, 0.15) is 0 Å². The molecule has 2 heterocycles. The third-order valence-corrected chi connectivity index (χ3v) is 2.98. The largest absolute Gasteiger partial charge is 0.369 e. The Balaban J connectivity index is 0.00000108. The number of fused-ring (bicyclic) bond motifs is 1. The molecule has 0 saturated carbocycles. The zero-order valence-corrected chi connectivity index (χ0v) is 10.1.